The van der Waals surface area contributed by atoms with E-state index in [0.717, 1.165) is 25.3 Å². The van der Waals surface area contributed by atoms with Crippen molar-refractivity contribution in [1.29, 1.82) is 0 Å². The van der Waals surface area contributed by atoms with Gasteiger partial charge in [0.25, 0.3) is 0 Å². The Balaban J connectivity index is 2.16. The lowest BCUT2D eigenvalue weighted by Gasteiger charge is -2.25. The number of hydrogen-bond acceptors (Lipinski definition) is 9. The Hall–Kier alpha value is -5.53. The summed E-state index contributed by atoms with van der Waals surface area (Å²) in [6, 6.07) is 4.12. The molecule has 3 rings (SSSR count). The summed E-state index contributed by atoms with van der Waals surface area (Å²) >= 11 is 0. The van der Waals surface area contributed by atoms with Gasteiger partial charge in [0.05, 0.1) is 53.8 Å². The van der Waals surface area contributed by atoms with E-state index in [-0.39, 0.29) is 18.0 Å². The second-order valence-corrected chi connectivity index (χ2v) is 10.1. The van der Waals surface area contributed by atoms with E-state index in [1.165, 1.54) is 27.9 Å². The lowest BCUT2D eigenvalue weighted by atomic mass is 10.1. The van der Waals surface area contributed by atoms with E-state index in [9.17, 15) is 41.7 Å². The van der Waals surface area contributed by atoms with E-state index in [1.807, 2.05) is 0 Å². The highest BCUT2D eigenvalue weighted by atomic mass is 19.4. The number of rotatable bonds is 7. The molecule has 17 heteroatoms. The average molecular weight is 655 g/mol. The van der Waals surface area contributed by atoms with Gasteiger partial charge in [-0.2, -0.15) is 18.2 Å². The summed E-state index contributed by atoms with van der Waals surface area (Å²) in [4.78, 5) is 40.8. The van der Waals surface area contributed by atoms with Crippen molar-refractivity contribution in [3.8, 4) is 17.7 Å². The smallest absolute Gasteiger partial charge is 0.419 e. The molecule has 0 saturated heterocycles. The zero-order chi connectivity index (χ0) is 34.6. The second kappa shape index (κ2) is 13.6. The van der Waals surface area contributed by atoms with Crippen molar-refractivity contribution in [3.63, 3.8) is 0 Å². The van der Waals surface area contributed by atoms with Crippen LogP contribution in [0, 0.1) is 39.4 Å². The van der Waals surface area contributed by atoms with Gasteiger partial charge in [-0.15, -0.1) is 0 Å². The van der Waals surface area contributed by atoms with E-state index in [0.29, 0.717) is 11.0 Å². The molecule has 3 aromatic rings. The molecule has 2 aromatic carbocycles. The van der Waals surface area contributed by atoms with Crippen molar-refractivity contribution in [2.75, 3.05) is 31.0 Å². The highest BCUT2D eigenvalue weighted by molar-refractivity contribution is 5.97. The zero-order valence-corrected chi connectivity index (χ0v) is 24.6. The van der Waals surface area contributed by atoms with Crippen molar-refractivity contribution in [2.45, 2.75) is 32.5 Å². The number of pyridine rings is 1. The SMILES string of the molecule is COC(=O)c1cc(F)c(C(F)(F)F)cc1Nc1ccc(F)c(F)c1C#CCN(C(=O)OC(C)(C)C)c1nc(OC)ccc1[N+](=O)[O-]. The predicted molar refractivity (Wildman–Crippen MR) is 150 cm³/mol. The number of halogens is 6. The fraction of sp³-hybridized carbons (Fsp3) is 0.276. The number of alkyl halides is 3. The van der Waals surface area contributed by atoms with Crippen LogP contribution in [0.3, 0.4) is 0 Å². The molecule has 0 bridgehead atoms. The average Bonchev–Trinajstić information content (AvgIpc) is 2.96. The minimum Gasteiger partial charge on any atom is -0.481 e. The van der Waals surface area contributed by atoms with Crippen molar-refractivity contribution in [1.82, 2.24) is 4.98 Å². The molecule has 0 aliphatic carbocycles. The van der Waals surface area contributed by atoms with E-state index < -0.39 is 92.3 Å². The Morgan fingerprint density at radius 2 is 1.70 bits per heavy atom. The van der Waals surface area contributed by atoms with Crippen LogP contribution in [0.1, 0.15) is 42.3 Å². The van der Waals surface area contributed by atoms with Gasteiger partial charge in [-0.05, 0) is 45.0 Å². The fourth-order valence-corrected chi connectivity index (χ4v) is 3.72. The first-order valence-corrected chi connectivity index (χ1v) is 12.8. The van der Waals surface area contributed by atoms with Crippen LogP contribution >= 0.6 is 0 Å². The first-order chi connectivity index (χ1) is 21.4. The number of aromatic nitrogens is 1. The Labute approximate surface area is 257 Å². The molecule has 46 heavy (non-hydrogen) atoms. The molecular weight excluding hydrogens is 630 g/mol. The highest BCUT2D eigenvalue weighted by Crippen LogP contribution is 2.37. The minimum atomic E-state index is -5.20. The quantitative estimate of drug-likeness (QED) is 0.0965. The molecule has 0 aliphatic rings. The topological polar surface area (TPSA) is 133 Å². The molecule has 0 aliphatic heterocycles. The van der Waals surface area contributed by atoms with E-state index in [2.05, 4.69) is 26.9 Å². The Morgan fingerprint density at radius 3 is 2.26 bits per heavy atom. The summed E-state index contributed by atoms with van der Waals surface area (Å²) in [7, 11) is 2.09. The lowest BCUT2D eigenvalue weighted by molar-refractivity contribution is -0.384. The van der Waals surface area contributed by atoms with Crippen LogP contribution in [0.2, 0.25) is 0 Å². The van der Waals surface area contributed by atoms with E-state index >= 15 is 4.39 Å². The normalized spacial score (nSPS) is 11.2. The fourth-order valence-electron chi connectivity index (χ4n) is 3.72. The molecule has 0 saturated carbocycles. The third-order valence-corrected chi connectivity index (χ3v) is 5.74. The Morgan fingerprint density at radius 1 is 1.02 bits per heavy atom. The van der Waals surface area contributed by atoms with Crippen molar-refractivity contribution >= 4 is 34.9 Å². The van der Waals surface area contributed by atoms with Gasteiger partial charge in [0.2, 0.25) is 11.7 Å². The molecule has 0 radical (unpaired) electrons. The number of esters is 1. The van der Waals surface area contributed by atoms with Gasteiger partial charge < -0.3 is 19.5 Å². The standard InChI is InChI=1S/C29H24F6N4O7/c1-28(2,3)46-27(41)38(25-22(39(42)43)10-11-23(37-25)44-4)12-6-7-15-20(9-8-18(30)24(15)32)36-21-14-17(29(33,34)35)19(31)13-16(21)26(40)45-5/h8-11,13-14,36H,12H2,1-5H3. The Kier molecular flexibility index (Phi) is 10.4. The molecule has 0 atom stereocenters. The maximum absolute atomic E-state index is 15.0. The van der Waals surface area contributed by atoms with Gasteiger partial charge in [-0.3, -0.25) is 10.1 Å². The van der Waals surface area contributed by atoms with Gasteiger partial charge in [0.1, 0.15) is 11.4 Å². The molecule has 0 spiro atoms. The molecular formula is C29H24F6N4O7. The summed E-state index contributed by atoms with van der Waals surface area (Å²) in [5, 5.41) is 14.0. The van der Waals surface area contributed by atoms with Gasteiger partial charge in [0, 0.05) is 12.1 Å². The van der Waals surface area contributed by atoms with Crippen LogP contribution in [0.4, 0.5) is 54.0 Å². The Bertz CT molecular complexity index is 1750. The monoisotopic (exact) mass is 654 g/mol. The molecule has 1 aromatic heterocycles. The number of methoxy groups -OCH3 is 2. The summed E-state index contributed by atoms with van der Waals surface area (Å²) < 4.78 is 98.7. The minimum absolute atomic E-state index is 0.135. The van der Waals surface area contributed by atoms with Crippen LogP contribution < -0.4 is 15.0 Å². The number of hydrogen-bond donors (Lipinski definition) is 1. The van der Waals surface area contributed by atoms with Gasteiger partial charge in [-0.1, -0.05) is 11.8 Å². The first-order valence-electron chi connectivity index (χ1n) is 12.8. The second-order valence-electron chi connectivity index (χ2n) is 10.1. The molecule has 11 nitrogen and oxygen atoms in total. The molecule has 244 valence electrons. The number of amides is 1. The van der Waals surface area contributed by atoms with Crippen LogP contribution in [0.15, 0.2) is 36.4 Å². The van der Waals surface area contributed by atoms with E-state index in [1.54, 1.807) is 0 Å². The number of nitrogens with one attached hydrogen (secondary N) is 1. The maximum Gasteiger partial charge on any atom is 0.419 e. The van der Waals surface area contributed by atoms with Crippen LogP contribution in [-0.2, 0) is 15.7 Å². The number of benzene rings is 2. The molecule has 0 unspecified atom stereocenters. The lowest BCUT2D eigenvalue weighted by Crippen LogP contribution is -2.38. The number of anilines is 3. The number of nitro groups is 1. The van der Waals surface area contributed by atoms with Crippen molar-refractivity contribution in [2.24, 2.45) is 0 Å². The van der Waals surface area contributed by atoms with Gasteiger partial charge in [-0.25, -0.2) is 27.7 Å². The number of carbonyl (C=O) groups is 2. The van der Waals surface area contributed by atoms with Gasteiger partial charge in [0.15, 0.2) is 11.6 Å². The maximum atomic E-state index is 15.0. The molecule has 1 N–H and O–H groups in total. The molecule has 1 heterocycles. The third kappa shape index (κ3) is 8.14. The summed E-state index contributed by atoms with van der Waals surface area (Å²) in [6.45, 7) is 3.74. The number of nitrogens with zero attached hydrogens (tertiary/aromatic N) is 3. The summed E-state index contributed by atoms with van der Waals surface area (Å²) in [5.41, 5.74) is -6.25. The molecule has 1 amide bonds. The van der Waals surface area contributed by atoms with Gasteiger partial charge >= 0.3 is 23.9 Å². The number of ether oxygens (including phenoxy) is 3. The summed E-state index contributed by atoms with van der Waals surface area (Å²) in [5.74, 6) is -2.20. The van der Waals surface area contributed by atoms with Crippen molar-refractivity contribution < 1.29 is 55.1 Å². The first kappa shape index (κ1) is 35.0. The van der Waals surface area contributed by atoms with Crippen LogP contribution in [-0.4, -0.2) is 48.3 Å². The predicted octanol–water partition coefficient (Wildman–Crippen LogP) is 6.76. The highest BCUT2D eigenvalue weighted by Gasteiger charge is 2.36. The largest absolute Gasteiger partial charge is 0.481 e. The zero-order valence-electron chi connectivity index (χ0n) is 24.6. The van der Waals surface area contributed by atoms with E-state index in [4.69, 9.17) is 9.47 Å². The van der Waals surface area contributed by atoms with Crippen LogP contribution in [0.5, 0.6) is 5.88 Å². The summed E-state index contributed by atoms with van der Waals surface area (Å²) in [6.07, 6.45) is -6.37. The third-order valence-electron chi connectivity index (χ3n) is 5.74. The van der Waals surface area contributed by atoms with Crippen molar-refractivity contribution in [3.05, 3.63) is 80.7 Å². The number of carbonyl (C=O) groups excluding carboxylic acids is 2. The van der Waals surface area contributed by atoms with Crippen LogP contribution in [0.25, 0.3) is 0 Å². The molecule has 0 fully saturated rings.